The first-order valence-corrected chi connectivity index (χ1v) is 21.8. The summed E-state index contributed by atoms with van der Waals surface area (Å²) in [6.45, 7) is 6.95. The molecule has 0 aromatic heterocycles. The minimum absolute atomic E-state index is 0.0346. The average molecular weight is 823 g/mol. The maximum atomic E-state index is 14.3. The topological polar surface area (TPSA) is 213 Å². The maximum Gasteiger partial charge on any atom is 0.407 e. The number of benzene rings is 2. The lowest BCUT2D eigenvalue weighted by Crippen LogP contribution is -2.57. The molecule has 58 heavy (non-hydrogen) atoms. The molecule has 3 atom stereocenters. The molecule has 5 N–H and O–H groups in total. The van der Waals surface area contributed by atoms with Crippen LogP contribution in [0.25, 0.3) is 0 Å². The van der Waals surface area contributed by atoms with Gasteiger partial charge in [-0.2, -0.15) is 0 Å². The molecule has 2 aromatic rings. The molecule has 5 rings (SSSR count). The van der Waals surface area contributed by atoms with E-state index in [0.29, 0.717) is 63.0 Å². The van der Waals surface area contributed by atoms with Gasteiger partial charge in [-0.25, -0.2) is 17.9 Å². The predicted octanol–water partition coefficient (Wildman–Crippen LogP) is 2.78. The van der Waals surface area contributed by atoms with Gasteiger partial charge in [0.1, 0.15) is 31.3 Å². The van der Waals surface area contributed by atoms with Crippen LogP contribution in [0.1, 0.15) is 86.5 Å². The number of guanidine groups is 1. The normalized spacial score (nSPS) is 19.3. The van der Waals surface area contributed by atoms with Crippen LogP contribution in [0.4, 0.5) is 4.79 Å². The van der Waals surface area contributed by atoms with Gasteiger partial charge in [-0.15, -0.1) is 0 Å². The van der Waals surface area contributed by atoms with E-state index in [1.807, 2.05) is 42.2 Å². The second-order valence-corrected chi connectivity index (χ2v) is 17.0. The SMILES string of the molecule is Cc1cc(C)c(S(=O)(=O)NC(N)=NCCC[C@H](NC(=O)[C@@H]2CCCN2C(=O)CNC(=O)OCc2ccccc2)C(=O)N2CCC[C@H]2C(=O)N2CCCCCC2)c(C)c1. The minimum atomic E-state index is -4.02. The number of aryl methyl sites for hydroxylation is 3. The zero-order valence-electron chi connectivity index (χ0n) is 33.8. The lowest BCUT2D eigenvalue weighted by molar-refractivity contribution is -0.146. The Kier molecular flexibility index (Phi) is 15.5. The first-order valence-electron chi connectivity index (χ1n) is 20.3. The van der Waals surface area contributed by atoms with Gasteiger partial charge < -0.3 is 35.8 Å². The van der Waals surface area contributed by atoms with Gasteiger partial charge in [0.2, 0.25) is 29.6 Å². The van der Waals surface area contributed by atoms with Crippen molar-refractivity contribution in [1.29, 1.82) is 0 Å². The molecule has 17 heteroatoms. The number of amides is 5. The molecule has 3 fully saturated rings. The molecule has 0 aliphatic carbocycles. The fourth-order valence-electron chi connectivity index (χ4n) is 8.18. The van der Waals surface area contributed by atoms with Gasteiger partial charge >= 0.3 is 6.09 Å². The molecule has 0 radical (unpaired) electrons. The quantitative estimate of drug-likeness (QED) is 0.125. The number of hydrogen-bond donors (Lipinski definition) is 4. The number of nitrogens with zero attached hydrogens (tertiary/aromatic N) is 4. The minimum Gasteiger partial charge on any atom is -0.445 e. The van der Waals surface area contributed by atoms with Crippen molar-refractivity contribution < 1.29 is 37.1 Å². The Labute approximate surface area is 341 Å². The van der Waals surface area contributed by atoms with Gasteiger partial charge in [0.05, 0.1) is 4.90 Å². The largest absolute Gasteiger partial charge is 0.445 e. The Bertz CT molecular complexity index is 1910. The average Bonchev–Trinajstić information content (AvgIpc) is 3.81. The number of likely N-dealkylation sites (tertiary alicyclic amines) is 3. The zero-order chi connectivity index (χ0) is 41.8. The van der Waals surface area contributed by atoms with Crippen LogP contribution < -0.4 is 21.1 Å². The molecule has 5 amide bonds. The van der Waals surface area contributed by atoms with Gasteiger partial charge in [0.25, 0.3) is 10.0 Å². The van der Waals surface area contributed by atoms with E-state index >= 15 is 0 Å². The lowest BCUT2D eigenvalue weighted by atomic mass is 10.1. The second-order valence-electron chi connectivity index (χ2n) is 15.4. The number of alkyl carbamates (subject to hydrolysis) is 1. The highest BCUT2D eigenvalue weighted by Gasteiger charge is 2.41. The van der Waals surface area contributed by atoms with Gasteiger partial charge in [-0.1, -0.05) is 60.9 Å². The van der Waals surface area contributed by atoms with E-state index in [0.717, 1.165) is 36.8 Å². The Morgan fingerprint density at radius 1 is 0.862 bits per heavy atom. The van der Waals surface area contributed by atoms with E-state index in [-0.39, 0.29) is 49.3 Å². The Hall–Kier alpha value is -5.19. The smallest absolute Gasteiger partial charge is 0.407 e. The summed E-state index contributed by atoms with van der Waals surface area (Å²) in [6, 6.07) is 10.1. The van der Waals surface area contributed by atoms with Crippen molar-refractivity contribution in [2.75, 3.05) is 39.3 Å². The fraction of sp³-hybridized carbons (Fsp3) is 0.561. The van der Waals surface area contributed by atoms with Crippen molar-refractivity contribution in [3.8, 4) is 0 Å². The summed E-state index contributed by atoms with van der Waals surface area (Å²) in [4.78, 5) is 76.7. The summed E-state index contributed by atoms with van der Waals surface area (Å²) < 4.78 is 34.0. The summed E-state index contributed by atoms with van der Waals surface area (Å²) in [7, 11) is -4.02. The first kappa shape index (κ1) is 43.9. The van der Waals surface area contributed by atoms with Crippen LogP contribution in [0.3, 0.4) is 0 Å². The van der Waals surface area contributed by atoms with Crippen LogP contribution in [-0.4, -0.2) is 116 Å². The number of rotatable bonds is 14. The first-order chi connectivity index (χ1) is 27.7. The van der Waals surface area contributed by atoms with Gasteiger partial charge in [0, 0.05) is 32.7 Å². The van der Waals surface area contributed by atoms with Crippen molar-refractivity contribution in [3.63, 3.8) is 0 Å². The maximum absolute atomic E-state index is 14.3. The summed E-state index contributed by atoms with van der Waals surface area (Å²) >= 11 is 0. The molecule has 3 aliphatic heterocycles. The van der Waals surface area contributed by atoms with Crippen molar-refractivity contribution >= 4 is 45.7 Å². The number of nitrogens with two attached hydrogens (primary N) is 1. The van der Waals surface area contributed by atoms with E-state index < -0.39 is 52.0 Å². The summed E-state index contributed by atoms with van der Waals surface area (Å²) in [5, 5.41) is 5.35. The molecule has 3 heterocycles. The number of hydrogen-bond acceptors (Lipinski definition) is 9. The number of nitrogens with one attached hydrogen (secondary N) is 3. The van der Waals surface area contributed by atoms with E-state index in [4.69, 9.17) is 10.5 Å². The molecule has 316 valence electrons. The number of carbonyl (C=O) groups is 5. The Balaban J connectivity index is 1.24. The van der Waals surface area contributed by atoms with E-state index in [1.165, 1.54) is 4.90 Å². The van der Waals surface area contributed by atoms with Gasteiger partial charge in [-0.3, -0.25) is 24.2 Å². The number of ether oxygens (including phenoxy) is 1. The lowest BCUT2D eigenvalue weighted by Gasteiger charge is -2.33. The van der Waals surface area contributed by atoms with E-state index in [9.17, 15) is 32.4 Å². The Morgan fingerprint density at radius 3 is 2.17 bits per heavy atom. The highest BCUT2D eigenvalue weighted by molar-refractivity contribution is 7.90. The van der Waals surface area contributed by atoms with Crippen molar-refractivity contribution in [3.05, 3.63) is 64.7 Å². The van der Waals surface area contributed by atoms with Crippen molar-refractivity contribution in [1.82, 2.24) is 30.1 Å². The van der Waals surface area contributed by atoms with Crippen LogP contribution in [0, 0.1) is 20.8 Å². The van der Waals surface area contributed by atoms with E-state index in [1.54, 1.807) is 30.9 Å². The fourth-order valence-corrected chi connectivity index (χ4v) is 9.59. The number of aliphatic imine (C=N–C) groups is 1. The second kappa shape index (κ2) is 20.5. The van der Waals surface area contributed by atoms with Crippen LogP contribution in [0.15, 0.2) is 52.4 Å². The van der Waals surface area contributed by atoms with E-state index in [2.05, 4.69) is 20.3 Å². The summed E-state index contributed by atoms with van der Waals surface area (Å²) in [5.41, 5.74) is 8.90. The van der Waals surface area contributed by atoms with Crippen LogP contribution in [0.2, 0.25) is 0 Å². The number of carbonyl (C=O) groups excluding carboxylic acids is 5. The van der Waals surface area contributed by atoms with Crippen molar-refractivity contribution in [2.24, 2.45) is 10.7 Å². The summed E-state index contributed by atoms with van der Waals surface area (Å²) in [5.74, 6) is -1.79. The molecule has 0 unspecified atom stereocenters. The highest BCUT2D eigenvalue weighted by atomic mass is 32.2. The van der Waals surface area contributed by atoms with Crippen molar-refractivity contribution in [2.45, 2.75) is 115 Å². The highest BCUT2D eigenvalue weighted by Crippen LogP contribution is 2.25. The molecule has 16 nitrogen and oxygen atoms in total. The Morgan fingerprint density at radius 2 is 1.50 bits per heavy atom. The molecule has 0 spiro atoms. The van der Waals surface area contributed by atoms with Gasteiger partial charge in [-0.05, 0) is 88.8 Å². The third kappa shape index (κ3) is 11.7. The zero-order valence-corrected chi connectivity index (χ0v) is 34.7. The van der Waals surface area contributed by atoms with Crippen LogP contribution in [-0.2, 0) is 40.5 Å². The predicted molar refractivity (Wildman–Crippen MR) is 218 cm³/mol. The standard InChI is InChI=1S/C41H58N8O8S/c1-28-24-29(2)36(30(3)25-28)58(55,56)46-40(42)43-19-11-16-32(38(52)49-23-13-18-34(49)39(53)47-20-9-4-5-10-21-47)45-37(51)33-17-12-22-48(33)35(50)26-44-41(54)57-27-31-14-7-6-8-15-31/h6-8,14-15,24-25,32-34H,4-5,9-13,16-23,26-27H2,1-3H3,(H,44,54)(H,45,51)(H3,42,43,46)/t32-,33-,34-/m0/s1. The molecule has 0 bridgehead atoms. The molecule has 0 saturated carbocycles. The molecule has 3 aliphatic rings. The molecular formula is C41H58N8O8S. The third-order valence-electron chi connectivity index (χ3n) is 10.9. The monoisotopic (exact) mass is 822 g/mol. The molecular weight excluding hydrogens is 765 g/mol. The molecule has 2 aromatic carbocycles. The van der Waals surface area contributed by atoms with Gasteiger partial charge in [0.15, 0.2) is 0 Å². The summed E-state index contributed by atoms with van der Waals surface area (Å²) in [6.07, 6.45) is 5.59. The number of sulfonamides is 1. The van der Waals surface area contributed by atoms with Crippen LogP contribution in [0.5, 0.6) is 0 Å². The third-order valence-corrected chi connectivity index (χ3v) is 12.5. The molecule has 3 saturated heterocycles. The van der Waals surface area contributed by atoms with Crippen LogP contribution >= 0.6 is 0 Å².